The minimum Gasteiger partial charge on any atom is -0.468 e. The van der Waals surface area contributed by atoms with E-state index in [2.05, 4.69) is 14.7 Å². The molecule has 1 aromatic rings. The summed E-state index contributed by atoms with van der Waals surface area (Å²) in [6.07, 6.45) is 5.04. The Labute approximate surface area is 75.9 Å². The summed E-state index contributed by atoms with van der Waals surface area (Å²) in [4.78, 5) is 18.8. The highest BCUT2D eigenvalue weighted by molar-refractivity contribution is 5.75. The van der Waals surface area contributed by atoms with E-state index in [0.717, 1.165) is 0 Å². The fourth-order valence-electron chi connectivity index (χ4n) is 0.895. The summed E-state index contributed by atoms with van der Waals surface area (Å²) in [5, 5.41) is 0. The van der Waals surface area contributed by atoms with Gasteiger partial charge in [-0.1, -0.05) is 0 Å². The Hall–Kier alpha value is -1.49. The predicted molar refractivity (Wildman–Crippen MR) is 45.7 cm³/mol. The first-order valence-electron chi connectivity index (χ1n) is 3.82. The maximum atomic E-state index is 10.9. The molecule has 1 aromatic heterocycles. The molecule has 0 fully saturated rings. The third kappa shape index (κ3) is 2.79. The highest BCUT2D eigenvalue weighted by atomic mass is 16.5. The first-order chi connectivity index (χ1) is 6.24. The van der Waals surface area contributed by atoms with E-state index in [4.69, 9.17) is 5.73 Å². The van der Waals surface area contributed by atoms with Crippen LogP contribution in [0.2, 0.25) is 0 Å². The summed E-state index contributed by atoms with van der Waals surface area (Å²) < 4.78 is 4.47. The van der Waals surface area contributed by atoms with Crippen LogP contribution >= 0.6 is 0 Å². The molecule has 0 saturated heterocycles. The predicted octanol–water partition coefficient (Wildman–Crippen LogP) is -0.481. The van der Waals surface area contributed by atoms with Crippen molar-refractivity contribution in [3.8, 4) is 0 Å². The quantitative estimate of drug-likeness (QED) is 0.637. The van der Waals surface area contributed by atoms with E-state index in [9.17, 15) is 4.79 Å². The highest BCUT2D eigenvalue weighted by Crippen LogP contribution is 1.96. The Morgan fingerprint density at radius 1 is 1.69 bits per heavy atom. The van der Waals surface area contributed by atoms with Crippen molar-refractivity contribution in [2.75, 3.05) is 7.11 Å². The molecule has 0 saturated carbocycles. The molecule has 70 valence electrons. The molecule has 13 heavy (non-hydrogen) atoms. The number of nitrogens with two attached hydrogens (primary N) is 1. The van der Waals surface area contributed by atoms with Crippen LogP contribution in [0.4, 0.5) is 0 Å². The van der Waals surface area contributed by atoms with E-state index in [0.29, 0.717) is 12.1 Å². The minimum absolute atomic E-state index is 0.348. The molecule has 0 aliphatic carbocycles. The Morgan fingerprint density at radius 2 is 2.46 bits per heavy atom. The lowest BCUT2D eigenvalue weighted by atomic mass is 10.2. The molecular weight excluding hydrogens is 170 g/mol. The molecule has 1 rings (SSSR count). The van der Waals surface area contributed by atoms with Crippen molar-refractivity contribution < 1.29 is 9.53 Å². The number of rotatable bonds is 3. The van der Waals surface area contributed by atoms with Gasteiger partial charge in [-0.15, -0.1) is 0 Å². The number of carbonyl (C=O) groups is 1. The zero-order chi connectivity index (χ0) is 9.68. The zero-order valence-electron chi connectivity index (χ0n) is 7.30. The van der Waals surface area contributed by atoms with E-state index in [1.54, 1.807) is 18.6 Å². The van der Waals surface area contributed by atoms with Gasteiger partial charge >= 0.3 is 5.97 Å². The van der Waals surface area contributed by atoms with Gasteiger partial charge in [-0.25, -0.2) is 0 Å². The molecule has 0 amide bonds. The third-order valence-corrected chi connectivity index (χ3v) is 1.55. The van der Waals surface area contributed by atoms with Crippen LogP contribution in [0, 0.1) is 0 Å². The van der Waals surface area contributed by atoms with Gasteiger partial charge in [0.1, 0.15) is 6.04 Å². The Kier molecular flexibility index (Phi) is 3.33. The highest BCUT2D eigenvalue weighted by Gasteiger charge is 2.14. The summed E-state index contributed by atoms with van der Waals surface area (Å²) in [7, 11) is 1.30. The number of methoxy groups -OCH3 is 1. The number of nitrogens with zero attached hydrogens (tertiary/aromatic N) is 2. The molecule has 0 spiro atoms. The average Bonchev–Trinajstić information content (AvgIpc) is 2.18. The fraction of sp³-hybridized carbons (Fsp3) is 0.375. The number of aromatic nitrogens is 2. The van der Waals surface area contributed by atoms with Gasteiger partial charge in [-0.3, -0.25) is 14.8 Å². The van der Waals surface area contributed by atoms with Crippen molar-refractivity contribution in [3.63, 3.8) is 0 Å². The van der Waals surface area contributed by atoms with E-state index >= 15 is 0 Å². The standard InChI is InChI=1S/C8H11N3O2/c1-13-8(12)7(9)4-6-5-10-2-3-11-6/h2-3,5,7H,4,9H2,1H3. The molecule has 2 N–H and O–H groups in total. The van der Waals surface area contributed by atoms with E-state index in [1.165, 1.54) is 7.11 Å². The maximum Gasteiger partial charge on any atom is 0.323 e. The summed E-state index contributed by atoms with van der Waals surface area (Å²) in [5.74, 6) is -0.439. The molecule has 0 bridgehead atoms. The van der Waals surface area contributed by atoms with Gasteiger partial charge in [-0.2, -0.15) is 0 Å². The Bertz CT molecular complexity index is 276. The first-order valence-corrected chi connectivity index (χ1v) is 3.82. The Morgan fingerprint density at radius 3 is 3.00 bits per heavy atom. The Balaban J connectivity index is 2.55. The fourth-order valence-corrected chi connectivity index (χ4v) is 0.895. The molecule has 0 aliphatic heterocycles. The molecule has 1 unspecified atom stereocenters. The van der Waals surface area contributed by atoms with Crippen molar-refractivity contribution in [2.45, 2.75) is 12.5 Å². The summed E-state index contributed by atoms with van der Waals surface area (Å²) >= 11 is 0. The van der Waals surface area contributed by atoms with Crippen molar-refractivity contribution in [1.82, 2.24) is 9.97 Å². The summed E-state index contributed by atoms with van der Waals surface area (Å²) in [6.45, 7) is 0. The molecule has 1 heterocycles. The van der Waals surface area contributed by atoms with E-state index in [-0.39, 0.29) is 0 Å². The van der Waals surface area contributed by atoms with E-state index < -0.39 is 12.0 Å². The topological polar surface area (TPSA) is 78.1 Å². The van der Waals surface area contributed by atoms with Gasteiger partial charge in [0, 0.05) is 25.0 Å². The van der Waals surface area contributed by atoms with Crippen LogP contribution in [0.1, 0.15) is 5.69 Å². The van der Waals surface area contributed by atoms with Crippen LogP contribution in [-0.2, 0) is 16.0 Å². The molecule has 1 atom stereocenters. The average molecular weight is 181 g/mol. The molecule has 5 heteroatoms. The van der Waals surface area contributed by atoms with Crippen LogP contribution < -0.4 is 5.73 Å². The lowest BCUT2D eigenvalue weighted by molar-refractivity contribution is -0.142. The largest absolute Gasteiger partial charge is 0.468 e. The van der Waals surface area contributed by atoms with Gasteiger partial charge in [0.25, 0.3) is 0 Å². The van der Waals surface area contributed by atoms with E-state index in [1.807, 2.05) is 0 Å². The second-order valence-electron chi connectivity index (χ2n) is 2.53. The van der Waals surface area contributed by atoms with Crippen LogP contribution in [0.25, 0.3) is 0 Å². The lowest BCUT2D eigenvalue weighted by Gasteiger charge is -2.07. The second-order valence-corrected chi connectivity index (χ2v) is 2.53. The van der Waals surface area contributed by atoms with Gasteiger partial charge in [-0.05, 0) is 0 Å². The minimum atomic E-state index is -0.665. The second kappa shape index (κ2) is 4.51. The molecule has 0 aliphatic rings. The smallest absolute Gasteiger partial charge is 0.323 e. The van der Waals surface area contributed by atoms with Gasteiger partial charge in [0.05, 0.1) is 12.8 Å². The summed E-state index contributed by atoms with van der Waals surface area (Å²) in [6, 6.07) is -0.665. The third-order valence-electron chi connectivity index (χ3n) is 1.55. The molecular formula is C8H11N3O2. The van der Waals surface area contributed by atoms with Crippen LogP contribution in [0.5, 0.6) is 0 Å². The van der Waals surface area contributed by atoms with Crippen molar-refractivity contribution in [2.24, 2.45) is 5.73 Å². The van der Waals surface area contributed by atoms with Crippen molar-refractivity contribution >= 4 is 5.97 Å². The van der Waals surface area contributed by atoms with Gasteiger partial charge in [0.15, 0.2) is 0 Å². The van der Waals surface area contributed by atoms with Crippen molar-refractivity contribution in [3.05, 3.63) is 24.3 Å². The zero-order valence-corrected chi connectivity index (χ0v) is 7.30. The van der Waals surface area contributed by atoms with Gasteiger partial charge < -0.3 is 10.5 Å². The number of carbonyl (C=O) groups excluding carboxylic acids is 1. The summed E-state index contributed by atoms with van der Waals surface area (Å²) in [5.41, 5.74) is 6.20. The van der Waals surface area contributed by atoms with Crippen LogP contribution in [-0.4, -0.2) is 29.1 Å². The first kappa shape index (κ1) is 9.60. The lowest BCUT2D eigenvalue weighted by Crippen LogP contribution is -2.33. The number of hydrogen-bond acceptors (Lipinski definition) is 5. The van der Waals surface area contributed by atoms with Crippen molar-refractivity contribution in [1.29, 1.82) is 0 Å². The number of esters is 1. The van der Waals surface area contributed by atoms with Gasteiger partial charge in [0.2, 0.25) is 0 Å². The number of ether oxygens (including phenoxy) is 1. The monoisotopic (exact) mass is 181 g/mol. The number of hydrogen-bond donors (Lipinski definition) is 1. The SMILES string of the molecule is COC(=O)C(N)Cc1cnccn1. The molecule has 0 radical (unpaired) electrons. The molecule has 0 aromatic carbocycles. The normalized spacial score (nSPS) is 12.2. The van der Waals surface area contributed by atoms with Crippen LogP contribution in [0.3, 0.4) is 0 Å². The maximum absolute atomic E-state index is 10.9. The van der Waals surface area contributed by atoms with Crippen LogP contribution in [0.15, 0.2) is 18.6 Å². The molecule has 5 nitrogen and oxygen atoms in total.